The summed E-state index contributed by atoms with van der Waals surface area (Å²) in [5.74, 6) is 0. The minimum absolute atomic E-state index is 0. The van der Waals surface area contributed by atoms with Crippen LogP contribution < -0.4 is 17.0 Å². The van der Waals surface area contributed by atoms with E-state index in [1.54, 1.807) is 12.1 Å². The zero-order valence-electron chi connectivity index (χ0n) is 7.48. The van der Waals surface area contributed by atoms with E-state index in [-0.39, 0.29) is 21.9 Å². The summed E-state index contributed by atoms with van der Waals surface area (Å²) < 4.78 is 31.2. The van der Waals surface area contributed by atoms with E-state index in [1.165, 1.54) is 12.1 Å². The smallest absolute Gasteiger partial charge is 0.124 e. The molecule has 78 valence electrons. The molecule has 0 saturated heterocycles. The number of halogens is 1. The van der Waals surface area contributed by atoms with Gasteiger partial charge in [-0.15, -0.1) is 12.8 Å². The van der Waals surface area contributed by atoms with Crippen molar-refractivity contribution in [2.45, 2.75) is 11.8 Å². The summed E-state index contributed by atoms with van der Waals surface area (Å²) in [7, 11) is -4.27. The molecule has 0 radical (unpaired) electrons. The number of aryl methyl sites for hydroxylation is 1. The summed E-state index contributed by atoms with van der Waals surface area (Å²) in [6.45, 7) is 1.82. The van der Waals surface area contributed by atoms with Crippen molar-refractivity contribution in [1.29, 1.82) is 0 Å². The van der Waals surface area contributed by atoms with Crippen molar-refractivity contribution in [3.63, 3.8) is 0 Å². The molecule has 0 spiro atoms. The first-order valence-corrected chi connectivity index (χ1v) is 4.77. The molecule has 0 aliphatic rings. The van der Waals surface area contributed by atoms with Crippen LogP contribution >= 0.6 is 0 Å². The van der Waals surface area contributed by atoms with Gasteiger partial charge < -0.3 is 21.5 Å². The van der Waals surface area contributed by atoms with Crippen LogP contribution in [0.2, 0.25) is 0 Å². The molecule has 0 unspecified atom stereocenters. The summed E-state index contributed by atoms with van der Waals surface area (Å²) in [5.41, 5.74) is 0.928. The summed E-state index contributed by atoms with van der Waals surface area (Å²) in [6.07, 6.45) is 8.00. The molecule has 0 atom stereocenters. The number of benzene rings is 1. The highest BCUT2D eigenvalue weighted by Crippen LogP contribution is 2.08. The lowest BCUT2D eigenvalue weighted by Crippen LogP contribution is -3.00. The van der Waals surface area contributed by atoms with Gasteiger partial charge in [0, 0.05) is 0 Å². The van der Waals surface area contributed by atoms with Gasteiger partial charge in [-0.25, -0.2) is 8.42 Å². The molecule has 0 N–H and O–H groups in total. The van der Waals surface area contributed by atoms with E-state index in [9.17, 15) is 13.0 Å². The second-order valence-electron chi connectivity index (χ2n) is 2.27. The van der Waals surface area contributed by atoms with Gasteiger partial charge in [0.15, 0.2) is 0 Å². The SMILES string of the molecule is C#C.Cc1ccc(S(=O)(=O)[O-])cc1.[Br-]. The Morgan fingerprint density at radius 3 is 1.79 bits per heavy atom. The lowest BCUT2D eigenvalue weighted by atomic mass is 10.2. The summed E-state index contributed by atoms with van der Waals surface area (Å²) in [5, 5.41) is 0. The van der Waals surface area contributed by atoms with E-state index < -0.39 is 10.1 Å². The lowest BCUT2D eigenvalue weighted by Gasteiger charge is -2.05. The minimum atomic E-state index is -4.27. The third kappa shape index (κ3) is 5.02. The largest absolute Gasteiger partial charge is 1.00 e. The maximum Gasteiger partial charge on any atom is 0.124 e. The quantitative estimate of drug-likeness (QED) is 0.447. The van der Waals surface area contributed by atoms with Gasteiger partial charge in [-0.05, 0) is 19.1 Å². The molecular formula is C9H9BrO3S-2. The number of hydrogen-bond donors (Lipinski definition) is 0. The van der Waals surface area contributed by atoms with Crippen molar-refractivity contribution in [3.8, 4) is 12.8 Å². The van der Waals surface area contributed by atoms with Crippen LogP contribution in [0.15, 0.2) is 29.2 Å². The number of terminal acetylenes is 1. The highest BCUT2D eigenvalue weighted by molar-refractivity contribution is 7.85. The Bertz CT molecular complexity index is 378. The van der Waals surface area contributed by atoms with Crippen LogP contribution in [0.3, 0.4) is 0 Å². The molecule has 3 nitrogen and oxygen atoms in total. The standard InChI is InChI=1S/C7H8O3S.C2H2.BrH/c1-6-2-4-7(5-3-6)11(8,9)10;1-2;/h2-5H,1H3,(H,8,9,10);1-2H;1H/p-2. The van der Waals surface area contributed by atoms with Crippen LogP contribution in [0.5, 0.6) is 0 Å². The van der Waals surface area contributed by atoms with E-state index in [0.717, 1.165) is 5.56 Å². The van der Waals surface area contributed by atoms with E-state index >= 15 is 0 Å². The molecular weight excluding hydrogens is 268 g/mol. The maximum atomic E-state index is 10.4. The molecule has 0 fully saturated rings. The summed E-state index contributed by atoms with van der Waals surface area (Å²) in [4.78, 5) is -0.178. The molecule has 0 aliphatic heterocycles. The fourth-order valence-electron chi connectivity index (χ4n) is 0.705. The topological polar surface area (TPSA) is 57.2 Å². The average Bonchev–Trinajstić information content (AvgIpc) is 2.07. The second-order valence-corrected chi connectivity index (χ2v) is 3.65. The van der Waals surface area contributed by atoms with Crippen LogP contribution in [0, 0.1) is 19.8 Å². The minimum Gasteiger partial charge on any atom is -1.00 e. The highest BCUT2D eigenvalue weighted by Gasteiger charge is 1.97. The van der Waals surface area contributed by atoms with Gasteiger partial charge in [0.2, 0.25) is 0 Å². The lowest BCUT2D eigenvalue weighted by molar-refractivity contribution is -0.00000710. The van der Waals surface area contributed by atoms with Crippen LogP contribution in [0.25, 0.3) is 0 Å². The zero-order chi connectivity index (χ0) is 10.5. The van der Waals surface area contributed by atoms with Gasteiger partial charge in [-0.1, -0.05) is 17.7 Å². The normalized spacial score (nSPS) is 9.14. The van der Waals surface area contributed by atoms with Crippen LogP contribution in [-0.4, -0.2) is 13.0 Å². The van der Waals surface area contributed by atoms with Gasteiger partial charge in [0.05, 0.1) is 4.90 Å². The van der Waals surface area contributed by atoms with Crippen LogP contribution in [0.4, 0.5) is 0 Å². The third-order valence-corrected chi connectivity index (χ3v) is 2.16. The Morgan fingerprint density at radius 2 is 1.50 bits per heavy atom. The molecule has 14 heavy (non-hydrogen) atoms. The Morgan fingerprint density at radius 1 is 1.14 bits per heavy atom. The van der Waals surface area contributed by atoms with Crippen LogP contribution in [0.1, 0.15) is 5.56 Å². The summed E-state index contributed by atoms with van der Waals surface area (Å²) in [6, 6.07) is 5.78. The first-order valence-electron chi connectivity index (χ1n) is 3.36. The molecule has 5 heteroatoms. The zero-order valence-corrected chi connectivity index (χ0v) is 9.88. The molecule has 1 aromatic rings. The van der Waals surface area contributed by atoms with Gasteiger partial charge in [-0.3, -0.25) is 0 Å². The Balaban J connectivity index is 0. The maximum absolute atomic E-state index is 10.4. The Labute approximate surface area is 94.7 Å². The predicted molar refractivity (Wildman–Crippen MR) is 49.0 cm³/mol. The third-order valence-electron chi connectivity index (χ3n) is 1.31. The van der Waals surface area contributed by atoms with Crippen molar-refractivity contribution in [1.82, 2.24) is 0 Å². The van der Waals surface area contributed by atoms with Gasteiger partial charge in [-0.2, -0.15) is 0 Å². The molecule has 0 aromatic heterocycles. The van der Waals surface area contributed by atoms with Crippen molar-refractivity contribution in [2.24, 2.45) is 0 Å². The first kappa shape index (κ1) is 15.6. The average molecular weight is 277 g/mol. The van der Waals surface area contributed by atoms with Crippen molar-refractivity contribution >= 4 is 10.1 Å². The fraction of sp³-hybridized carbons (Fsp3) is 0.111. The monoisotopic (exact) mass is 276 g/mol. The van der Waals surface area contributed by atoms with Crippen LogP contribution in [-0.2, 0) is 10.1 Å². The molecule has 0 aliphatic carbocycles. The van der Waals surface area contributed by atoms with E-state index in [4.69, 9.17) is 0 Å². The molecule has 0 saturated carbocycles. The molecule has 0 amide bonds. The Kier molecular flexibility index (Phi) is 7.37. The highest BCUT2D eigenvalue weighted by atomic mass is 79.9. The first-order chi connectivity index (χ1) is 6.00. The molecule has 1 aromatic carbocycles. The van der Waals surface area contributed by atoms with Gasteiger partial charge in [0.1, 0.15) is 10.1 Å². The second kappa shape index (κ2) is 6.60. The van der Waals surface area contributed by atoms with Crippen molar-refractivity contribution < 1.29 is 30.0 Å². The number of hydrogen-bond acceptors (Lipinski definition) is 3. The van der Waals surface area contributed by atoms with E-state index in [1.807, 2.05) is 6.92 Å². The fourth-order valence-corrected chi connectivity index (χ4v) is 1.17. The Hall–Kier alpha value is -0.830. The molecule has 0 heterocycles. The molecule has 0 bridgehead atoms. The van der Waals surface area contributed by atoms with Gasteiger partial charge in [0.25, 0.3) is 0 Å². The predicted octanol–water partition coefficient (Wildman–Crippen LogP) is -1.85. The molecule has 1 rings (SSSR count). The van der Waals surface area contributed by atoms with E-state index in [2.05, 4.69) is 12.8 Å². The van der Waals surface area contributed by atoms with Crippen molar-refractivity contribution in [3.05, 3.63) is 29.8 Å². The van der Waals surface area contributed by atoms with Crippen molar-refractivity contribution in [2.75, 3.05) is 0 Å². The van der Waals surface area contributed by atoms with Gasteiger partial charge >= 0.3 is 0 Å². The summed E-state index contributed by atoms with van der Waals surface area (Å²) >= 11 is 0. The number of rotatable bonds is 1. The van der Waals surface area contributed by atoms with E-state index in [0.29, 0.717) is 0 Å².